The molecule has 2 aromatic rings. The third-order valence-electron chi connectivity index (χ3n) is 4.34. The second-order valence-corrected chi connectivity index (χ2v) is 7.50. The van der Waals surface area contributed by atoms with Crippen molar-refractivity contribution >= 4 is 23.9 Å². The highest BCUT2D eigenvalue weighted by atomic mass is 32.1. The van der Waals surface area contributed by atoms with Gasteiger partial charge in [0.2, 0.25) is 0 Å². The Kier molecular flexibility index (Phi) is 5.37. The molecule has 130 valence electrons. The Morgan fingerprint density at radius 1 is 1.21 bits per heavy atom. The monoisotopic (exact) mass is 351 g/mol. The van der Waals surface area contributed by atoms with Crippen molar-refractivity contribution in [3.8, 4) is 5.75 Å². The highest BCUT2D eigenvalue weighted by Gasteiger charge is 2.52. The van der Waals surface area contributed by atoms with E-state index in [1.54, 1.807) is 23.8 Å². The van der Waals surface area contributed by atoms with E-state index in [1.807, 2.05) is 27.7 Å². The Bertz CT molecular complexity index is 675. The topological polar surface area (TPSA) is 40.6 Å². The van der Waals surface area contributed by atoms with Gasteiger partial charge in [0, 0.05) is 17.7 Å². The summed E-state index contributed by atoms with van der Waals surface area (Å²) in [5.41, 5.74) is 1.13. The Hall–Kier alpha value is -1.44. The van der Waals surface area contributed by atoms with Crippen molar-refractivity contribution in [1.29, 1.82) is 0 Å². The summed E-state index contributed by atoms with van der Waals surface area (Å²) < 4.78 is 31.8. The first-order valence-electron chi connectivity index (χ1n) is 7.44. The van der Waals surface area contributed by atoms with Crippen molar-refractivity contribution in [2.45, 2.75) is 52.9 Å². The third kappa shape index (κ3) is 3.63. The zero-order valence-electron chi connectivity index (χ0n) is 13.6. The van der Waals surface area contributed by atoms with Crippen molar-refractivity contribution in [3.63, 3.8) is 0 Å². The van der Waals surface area contributed by atoms with E-state index in [1.165, 1.54) is 17.4 Å². The number of aromatic nitrogens is 1. The van der Waals surface area contributed by atoms with E-state index in [0.29, 0.717) is 17.8 Å². The molecule has 7 heteroatoms. The molecule has 0 radical (unpaired) electrons. The fraction of sp³-hybridized carbons (Fsp3) is 0.471. The highest BCUT2D eigenvalue weighted by molar-refractivity contribution is 7.09. The number of hydrogen-bond acceptors (Lipinski definition) is 5. The van der Waals surface area contributed by atoms with Gasteiger partial charge < -0.3 is 14.0 Å². The summed E-state index contributed by atoms with van der Waals surface area (Å²) in [6.07, 6.45) is 1.74. The number of rotatable bonds is 4. The van der Waals surface area contributed by atoms with Crippen LogP contribution in [0.25, 0.3) is 0 Å². The van der Waals surface area contributed by atoms with E-state index < -0.39 is 24.1 Å². The lowest BCUT2D eigenvalue weighted by atomic mass is 9.78. The molecule has 1 aliphatic heterocycles. The molecule has 0 unspecified atom stereocenters. The van der Waals surface area contributed by atoms with Gasteiger partial charge in [0.05, 0.1) is 21.6 Å². The quantitative estimate of drug-likeness (QED) is 0.786. The summed E-state index contributed by atoms with van der Waals surface area (Å²) in [6, 6.07) is 4.74. The molecule has 0 bridgehead atoms. The molecule has 0 saturated carbocycles. The van der Waals surface area contributed by atoms with Crippen LogP contribution in [0.5, 0.6) is 5.75 Å². The van der Waals surface area contributed by atoms with E-state index >= 15 is 0 Å². The Morgan fingerprint density at radius 2 is 1.88 bits per heavy atom. The van der Waals surface area contributed by atoms with Crippen LogP contribution >= 0.6 is 11.3 Å². The minimum atomic E-state index is -0.712. The van der Waals surface area contributed by atoms with Gasteiger partial charge in [-0.25, -0.2) is 4.39 Å². The SMILES string of the molecule is C.CC1(C)OB(c2ccc(OCc3cncs3)cc2F)OC1(C)C. The molecule has 1 aromatic heterocycles. The number of ether oxygens (including phenoxy) is 1. The van der Waals surface area contributed by atoms with Crippen LogP contribution in [0.3, 0.4) is 0 Å². The largest absolute Gasteiger partial charge is 0.497 e. The van der Waals surface area contributed by atoms with Gasteiger partial charge in [-0.3, -0.25) is 4.98 Å². The maximum absolute atomic E-state index is 14.4. The molecular weight excluding hydrogens is 328 g/mol. The average molecular weight is 351 g/mol. The number of thiazole rings is 1. The normalized spacial score (nSPS) is 18.3. The smallest absolute Gasteiger partial charge is 0.488 e. The van der Waals surface area contributed by atoms with Crippen molar-refractivity contribution in [3.05, 3.63) is 40.6 Å². The van der Waals surface area contributed by atoms with Gasteiger partial charge in [-0.1, -0.05) is 13.5 Å². The van der Waals surface area contributed by atoms with Crippen LogP contribution in [0.4, 0.5) is 4.39 Å². The summed E-state index contributed by atoms with van der Waals surface area (Å²) in [7, 11) is -0.712. The molecule has 0 amide bonds. The lowest BCUT2D eigenvalue weighted by Gasteiger charge is -2.32. The number of nitrogens with zero attached hydrogens (tertiary/aromatic N) is 1. The zero-order valence-corrected chi connectivity index (χ0v) is 14.4. The van der Waals surface area contributed by atoms with Gasteiger partial charge >= 0.3 is 7.12 Å². The van der Waals surface area contributed by atoms with Crippen molar-refractivity contribution in [2.75, 3.05) is 0 Å². The Labute approximate surface area is 147 Å². The van der Waals surface area contributed by atoms with Gasteiger partial charge in [-0.2, -0.15) is 0 Å². The van der Waals surface area contributed by atoms with Crippen LogP contribution < -0.4 is 10.2 Å². The molecule has 1 fully saturated rings. The summed E-state index contributed by atoms with van der Waals surface area (Å²) in [4.78, 5) is 4.96. The molecule has 3 rings (SSSR count). The lowest BCUT2D eigenvalue weighted by Crippen LogP contribution is -2.41. The highest BCUT2D eigenvalue weighted by Crippen LogP contribution is 2.36. The second-order valence-electron chi connectivity index (χ2n) is 6.53. The van der Waals surface area contributed by atoms with Crippen molar-refractivity contribution < 1.29 is 18.4 Å². The van der Waals surface area contributed by atoms with E-state index in [2.05, 4.69) is 4.98 Å². The summed E-state index contributed by atoms with van der Waals surface area (Å²) >= 11 is 1.50. The molecule has 4 nitrogen and oxygen atoms in total. The fourth-order valence-electron chi connectivity index (χ4n) is 2.23. The number of halogens is 1. The van der Waals surface area contributed by atoms with E-state index in [-0.39, 0.29) is 7.43 Å². The van der Waals surface area contributed by atoms with Gasteiger partial charge in [0.1, 0.15) is 18.2 Å². The summed E-state index contributed by atoms with van der Waals surface area (Å²) in [5, 5.41) is 0. The minimum Gasteiger partial charge on any atom is -0.488 e. The molecule has 1 aliphatic rings. The predicted molar refractivity (Wildman–Crippen MR) is 95.3 cm³/mol. The number of hydrogen-bond donors (Lipinski definition) is 0. The molecule has 2 heterocycles. The van der Waals surface area contributed by atoms with E-state index in [0.717, 1.165) is 4.88 Å². The zero-order chi connectivity index (χ0) is 16.7. The Morgan fingerprint density at radius 3 is 2.42 bits per heavy atom. The van der Waals surface area contributed by atoms with Crippen LogP contribution in [-0.4, -0.2) is 23.3 Å². The van der Waals surface area contributed by atoms with Crippen LogP contribution in [0, 0.1) is 5.82 Å². The van der Waals surface area contributed by atoms with Gasteiger partial charge in [0.25, 0.3) is 0 Å². The maximum Gasteiger partial charge on any atom is 0.497 e. The molecule has 0 aliphatic carbocycles. The second kappa shape index (κ2) is 6.82. The van der Waals surface area contributed by atoms with E-state index in [9.17, 15) is 4.39 Å². The average Bonchev–Trinajstić information content (AvgIpc) is 3.03. The van der Waals surface area contributed by atoms with Crippen molar-refractivity contribution in [2.24, 2.45) is 0 Å². The summed E-state index contributed by atoms with van der Waals surface area (Å²) in [6.45, 7) is 8.14. The van der Waals surface area contributed by atoms with Gasteiger partial charge in [0.15, 0.2) is 0 Å². The van der Waals surface area contributed by atoms with Crippen LogP contribution in [0.1, 0.15) is 40.0 Å². The molecular formula is C17H23BFNO3S. The fourth-order valence-corrected chi connectivity index (χ4v) is 2.73. The molecule has 0 N–H and O–H groups in total. The molecule has 24 heavy (non-hydrogen) atoms. The van der Waals surface area contributed by atoms with Crippen LogP contribution in [0.15, 0.2) is 29.9 Å². The van der Waals surface area contributed by atoms with Gasteiger partial charge in [-0.15, -0.1) is 11.3 Å². The summed E-state index contributed by atoms with van der Waals surface area (Å²) in [5.74, 6) is 0.0708. The first-order chi connectivity index (χ1) is 10.8. The Balaban J connectivity index is 0.00000208. The van der Waals surface area contributed by atoms with E-state index in [4.69, 9.17) is 14.0 Å². The van der Waals surface area contributed by atoms with Crippen LogP contribution in [-0.2, 0) is 15.9 Å². The predicted octanol–water partition coefficient (Wildman–Crippen LogP) is 3.80. The minimum absolute atomic E-state index is 0. The number of benzene rings is 1. The molecule has 1 aromatic carbocycles. The first-order valence-corrected chi connectivity index (χ1v) is 8.32. The molecule has 0 spiro atoms. The van der Waals surface area contributed by atoms with Gasteiger partial charge in [-0.05, 0) is 33.8 Å². The lowest BCUT2D eigenvalue weighted by molar-refractivity contribution is 0.00578. The standard InChI is InChI=1S/C16H19BFNO3S.CH4/c1-15(2)16(3,4)22-17(21-15)13-6-5-11(7-14(13)18)20-9-12-8-19-10-23-12;/h5-8,10H,9H2,1-4H3;1H4. The first kappa shape index (κ1) is 18.9. The molecule has 0 atom stereocenters. The third-order valence-corrected chi connectivity index (χ3v) is 5.10. The molecule has 1 saturated heterocycles. The maximum atomic E-state index is 14.4. The van der Waals surface area contributed by atoms with Crippen molar-refractivity contribution in [1.82, 2.24) is 4.98 Å². The van der Waals surface area contributed by atoms with Crippen LogP contribution in [0.2, 0.25) is 0 Å².